The zero-order valence-electron chi connectivity index (χ0n) is 15.0. The molecule has 1 amide bonds. The summed E-state index contributed by atoms with van der Waals surface area (Å²) < 4.78 is 28.2. The van der Waals surface area contributed by atoms with Crippen LogP contribution in [0.3, 0.4) is 0 Å². The van der Waals surface area contributed by atoms with Crippen LogP contribution in [0.1, 0.15) is 34.6 Å². The molecule has 9 heteroatoms. The highest BCUT2D eigenvalue weighted by molar-refractivity contribution is 7.86. The third kappa shape index (κ3) is 4.09. The molecule has 3 atom stereocenters. The Morgan fingerprint density at radius 3 is 2.48 bits per heavy atom. The van der Waals surface area contributed by atoms with Crippen molar-refractivity contribution in [1.82, 2.24) is 4.90 Å². The molecule has 0 aromatic carbocycles. The Kier molecular flexibility index (Phi) is 5.68. The number of hydrogen-bond donors (Lipinski definition) is 0. The van der Waals surface area contributed by atoms with Crippen LogP contribution in [-0.4, -0.2) is 63.0 Å². The van der Waals surface area contributed by atoms with Crippen molar-refractivity contribution in [2.24, 2.45) is 0 Å². The number of hydrogen-bond acceptors (Lipinski definition) is 7. The molecule has 0 N–H and O–H groups in total. The lowest BCUT2D eigenvalue weighted by Crippen LogP contribution is -2.69. The lowest BCUT2D eigenvalue weighted by atomic mass is 10.0. The van der Waals surface area contributed by atoms with Crippen LogP contribution in [0.4, 0.5) is 0 Å². The molecule has 2 rings (SSSR count). The van der Waals surface area contributed by atoms with E-state index in [0.29, 0.717) is 12.2 Å². The quantitative estimate of drug-likeness (QED) is 0.510. The van der Waals surface area contributed by atoms with E-state index >= 15 is 0 Å². The molecule has 0 bridgehead atoms. The molecule has 0 aliphatic carbocycles. The van der Waals surface area contributed by atoms with Crippen LogP contribution in [-0.2, 0) is 39.4 Å². The topological polar surface area (TPSA) is 99.2 Å². The maximum Gasteiger partial charge on any atom is 0.355 e. The number of fused-ring (bicyclic) bond motifs is 1. The van der Waals surface area contributed by atoms with Crippen molar-refractivity contribution in [2.75, 3.05) is 19.0 Å². The monoisotopic (exact) mass is 373 g/mol. The van der Waals surface area contributed by atoms with Gasteiger partial charge in [0.15, 0.2) is 6.10 Å². The van der Waals surface area contributed by atoms with Gasteiger partial charge in [0.2, 0.25) is 0 Å². The van der Waals surface area contributed by atoms with Gasteiger partial charge in [-0.1, -0.05) is 0 Å². The van der Waals surface area contributed by atoms with Crippen molar-refractivity contribution in [1.29, 1.82) is 0 Å². The second-order valence-electron chi connectivity index (χ2n) is 6.73. The van der Waals surface area contributed by atoms with Crippen LogP contribution >= 0.6 is 0 Å². The van der Waals surface area contributed by atoms with E-state index in [9.17, 15) is 18.6 Å². The molecular weight excluding hydrogens is 350 g/mol. The van der Waals surface area contributed by atoms with E-state index in [-0.39, 0.29) is 18.1 Å². The van der Waals surface area contributed by atoms with Crippen molar-refractivity contribution < 1.29 is 32.8 Å². The fourth-order valence-electron chi connectivity index (χ4n) is 2.63. The maximum absolute atomic E-state index is 12.6. The molecule has 0 saturated carbocycles. The Balaban J connectivity index is 2.38. The average molecular weight is 373 g/mol. The molecular formula is C16H23NO7S. The molecule has 0 aromatic heterocycles. The molecule has 0 aromatic rings. The SMILES string of the molecule is CCO[C@H]1C(=O)N2C(C(=O)OC(C)(C)C)=C(COC(C)=O)CS(=O)[C@H]12. The third-order valence-electron chi connectivity index (χ3n) is 3.54. The van der Waals surface area contributed by atoms with Gasteiger partial charge in [-0.2, -0.15) is 0 Å². The van der Waals surface area contributed by atoms with Gasteiger partial charge in [-0.25, -0.2) is 4.79 Å². The average Bonchev–Trinajstić information content (AvgIpc) is 2.48. The summed E-state index contributed by atoms with van der Waals surface area (Å²) in [6.45, 7) is 8.16. The molecule has 0 spiro atoms. The Hall–Kier alpha value is -1.74. The molecule has 0 radical (unpaired) electrons. The second kappa shape index (κ2) is 7.25. The minimum absolute atomic E-state index is 0.00160. The maximum atomic E-state index is 12.6. The molecule has 2 heterocycles. The van der Waals surface area contributed by atoms with Gasteiger partial charge in [-0.05, 0) is 27.7 Å². The summed E-state index contributed by atoms with van der Waals surface area (Å²) in [6.07, 6.45) is -0.835. The number of rotatable bonds is 5. The van der Waals surface area contributed by atoms with Crippen molar-refractivity contribution in [3.05, 3.63) is 11.3 Å². The summed E-state index contributed by atoms with van der Waals surface area (Å²) in [6, 6.07) is 0. The van der Waals surface area contributed by atoms with Gasteiger partial charge in [0.25, 0.3) is 5.91 Å². The third-order valence-corrected chi connectivity index (χ3v) is 5.17. The lowest BCUT2D eigenvalue weighted by Gasteiger charge is -2.48. The number of β-lactam (4-membered cyclic amide) rings is 1. The highest BCUT2D eigenvalue weighted by Gasteiger charge is 2.57. The van der Waals surface area contributed by atoms with Crippen molar-refractivity contribution >= 4 is 28.6 Å². The Morgan fingerprint density at radius 2 is 1.96 bits per heavy atom. The number of carbonyl (C=O) groups excluding carboxylic acids is 3. The molecule has 2 aliphatic rings. The highest BCUT2D eigenvalue weighted by atomic mass is 32.2. The van der Waals surface area contributed by atoms with E-state index in [1.807, 2.05) is 0 Å². The normalized spacial score (nSPS) is 26.0. The van der Waals surface area contributed by atoms with E-state index in [0.717, 1.165) is 4.90 Å². The van der Waals surface area contributed by atoms with E-state index in [1.54, 1.807) is 27.7 Å². The first-order valence-corrected chi connectivity index (χ1v) is 9.35. The minimum Gasteiger partial charge on any atom is -0.461 e. The van der Waals surface area contributed by atoms with Gasteiger partial charge in [-0.3, -0.25) is 18.7 Å². The van der Waals surface area contributed by atoms with Crippen LogP contribution in [0.2, 0.25) is 0 Å². The van der Waals surface area contributed by atoms with E-state index in [2.05, 4.69) is 0 Å². The van der Waals surface area contributed by atoms with Crippen molar-refractivity contribution in [3.8, 4) is 0 Å². The zero-order chi connectivity index (χ0) is 18.9. The van der Waals surface area contributed by atoms with Crippen LogP contribution < -0.4 is 0 Å². The summed E-state index contributed by atoms with van der Waals surface area (Å²) in [5, 5.41) is -0.726. The van der Waals surface area contributed by atoms with Crippen LogP contribution in [0.25, 0.3) is 0 Å². The predicted octanol–water partition coefficient (Wildman–Crippen LogP) is 0.481. The molecule has 1 fully saturated rings. The number of nitrogens with zero attached hydrogens (tertiary/aromatic N) is 1. The largest absolute Gasteiger partial charge is 0.461 e. The molecule has 25 heavy (non-hydrogen) atoms. The second-order valence-corrected chi connectivity index (χ2v) is 8.27. The van der Waals surface area contributed by atoms with Gasteiger partial charge in [-0.15, -0.1) is 0 Å². The first-order chi connectivity index (χ1) is 11.6. The number of carbonyl (C=O) groups is 3. The number of amides is 1. The number of esters is 2. The molecule has 8 nitrogen and oxygen atoms in total. The Labute approximate surface area is 148 Å². The number of ether oxygens (including phenoxy) is 3. The van der Waals surface area contributed by atoms with Crippen LogP contribution in [0, 0.1) is 0 Å². The van der Waals surface area contributed by atoms with Crippen molar-refractivity contribution in [2.45, 2.75) is 51.7 Å². The Bertz CT molecular complexity index is 649. The van der Waals surface area contributed by atoms with Gasteiger partial charge in [0.05, 0.1) is 16.6 Å². The van der Waals surface area contributed by atoms with Crippen LogP contribution in [0.15, 0.2) is 11.3 Å². The summed E-state index contributed by atoms with van der Waals surface area (Å²) in [7, 11) is -1.46. The van der Waals surface area contributed by atoms with Gasteiger partial charge < -0.3 is 14.2 Å². The fourth-order valence-corrected chi connectivity index (χ4v) is 4.28. The summed E-state index contributed by atoms with van der Waals surface area (Å²) >= 11 is 0. The lowest BCUT2D eigenvalue weighted by molar-refractivity contribution is -0.169. The summed E-state index contributed by atoms with van der Waals surface area (Å²) in [4.78, 5) is 37.3. The van der Waals surface area contributed by atoms with E-state index < -0.39 is 45.7 Å². The molecule has 1 saturated heterocycles. The summed E-state index contributed by atoms with van der Waals surface area (Å²) in [5.41, 5.74) is -0.459. The van der Waals surface area contributed by atoms with Gasteiger partial charge in [0, 0.05) is 19.1 Å². The standard InChI is InChI=1S/C16H23NO7S/c1-6-22-12-13(19)17-11(15(20)24-16(3,4)5)10(7-23-9(2)18)8-25(21)14(12)17/h12,14H,6-8H2,1-5H3/t12-,14+,25?/m0/s1. The Morgan fingerprint density at radius 1 is 1.32 bits per heavy atom. The smallest absolute Gasteiger partial charge is 0.355 e. The van der Waals surface area contributed by atoms with E-state index in [4.69, 9.17) is 14.2 Å². The molecule has 140 valence electrons. The first-order valence-electron chi connectivity index (χ1n) is 7.97. The van der Waals surface area contributed by atoms with E-state index in [1.165, 1.54) is 6.92 Å². The predicted molar refractivity (Wildman–Crippen MR) is 88.6 cm³/mol. The molecule has 1 unspecified atom stereocenters. The highest BCUT2D eigenvalue weighted by Crippen LogP contribution is 2.37. The zero-order valence-corrected chi connectivity index (χ0v) is 15.8. The summed E-state index contributed by atoms with van der Waals surface area (Å²) in [5.74, 6) is -1.67. The molecule has 2 aliphatic heterocycles. The fraction of sp³-hybridized carbons (Fsp3) is 0.688. The van der Waals surface area contributed by atoms with Crippen molar-refractivity contribution in [3.63, 3.8) is 0 Å². The van der Waals surface area contributed by atoms with Crippen LogP contribution in [0.5, 0.6) is 0 Å². The van der Waals surface area contributed by atoms with Gasteiger partial charge in [0.1, 0.15) is 23.3 Å². The minimum atomic E-state index is -1.46. The first kappa shape index (κ1) is 19.6. The van der Waals surface area contributed by atoms with Gasteiger partial charge >= 0.3 is 11.9 Å².